The van der Waals surface area contributed by atoms with Gasteiger partial charge in [0.05, 0.1) is 29.3 Å². The predicted octanol–water partition coefficient (Wildman–Crippen LogP) is 2.03. The summed E-state index contributed by atoms with van der Waals surface area (Å²) in [6, 6.07) is 3.02. The van der Waals surface area contributed by atoms with E-state index in [2.05, 4.69) is 15.3 Å². The van der Waals surface area contributed by atoms with Crippen molar-refractivity contribution >= 4 is 17.3 Å². The number of amides is 1. The molecule has 1 amide bonds. The molecule has 0 aliphatic carbocycles. The molecule has 110 valence electrons. The van der Waals surface area contributed by atoms with Gasteiger partial charge in [-0.1, -0.05) is 0 Å². The second-order valence-electron chi connectivity index (χ2n) is 3.98. The summed E-state index contributed by atoms with van der Waals surface area (Å²) >= 11 is 0. The minimum absolute atomic E-state index is 0.162. The van der Waals surface area contributed by atoms with Crippen LogP contribution in [0.15, 0.2) is 36.9 Å². The number of rotatable bonds is 3. The lowest BCUT2D eigenvalue weighted by Gasteiger charge is -2.13. The number of carbonyl (C=O) groups is 1. The van der Waals surface area contributed by atoms with E-state index in [9.17, 15) is 18.0 Å². The highest BCUT2D eigenvalue weighted by molar-refractivity contribution is 6.04. The van der Waals surface area contributed by atoms with Gasteiger partial charge in [-0.15, -0.1) is 0 Å². The van der Waals surface area contributed by atoms with E-state index in [0.29, 0.717) is 6.07 Å². The van der Waals surface area contributed by atoms with Crippen molar-refractivity contribution in [2.45, 2.75) is 6.18 Å². The molecule has 0 atom stereocenters. The number of hydrazine groups is 1. The summed E-state index contributed by atoms with van der Waals surface area (Å²) in [5.74, 6) is 4.32. The fourth-order valence-corrected chi connectivity index (χ4v) is 1.61. The van der Waals surface area contributed by atoms with Crippen LogP contribution in [0.5, 0.6) is 0 Å². The molecule has 0 radical (unpaired) electrons. The normalized spacial score (nSPS) is 11.0. The molecule has 0 aliphatic rings. The fraction of sp³-hybridized carbons (Fsp3) is 0.0833. The van der Waals surface area contributed by atoms with E-state index in [1.165, 1.54) is 24.8 Å². The monoisotopic (exact) mass is 297 g/mol. The van der Waals surface area contributed by atoms with Crippen LogP contribution in [0.1, 0.15) is 15.9 Å². The van der Waals surface area contributed by atoms with Gasteiger partial charge < -0.3 is 10.7 Å². The lowest BCUT2D eigenvalue weighted by molar-refractivity contribution is -0.137. The number of carbonyl (C=O) groups excluding carboxylic acids is 1. The average molecular weight is 297 g/mol. The van der Waals surface area contributed by atoms with Gasteiger partial charge in [-0.3, -0.25) is 10.6 Å². The molecule has 21 heavy (non-hydrogen) atoms. The lowest BCUT2D eigenvalue weighted by atomic mass is 10.1. The molecule has 9 heteroatoms. The number of alkyl halides is 3. The third kappa shape index (κ3) is 3.45. The number of hydrogen-bond donors (Lipinski definition) is 3. The zero-order valence-corrected chi connectivity index (χ0v) is 10.5. The molecule has 0 spiro atoms. The maximum atomic E-state index is 12.9. The average Bonchev–Trinajstić information content (AvgIpc) is 2.46. The standard InChI is InChI=1S/C12H10F3N5O/c13-12(14,15)9-3-7(1-2-10(9)20-16)11(21)19-8-4-17-6-18-5-8/h1-6,20H,16H2,(H,19,21). The van der Waals surface area contributed by atoms with E-state index in [0.717, 1.165) is 6.07 Å². The first-order valence-corrected chi connectivity index (χ1v) is 5.66. The summed E-state index contributed by atoms with van der Waals surface area (Å²) in [5, 5.41) is 2.39. The Kier molecular flexibility index (Phi) is 4.03. The van der Waals surface area contributed by atoms with E-state index >= 15 is 0 Å². The van der Waals surface area contributed by atoms with Crippen LogP contribution < -0.4 is 16.6 Å². The molecule has 0 bridgehead atoms. The molecule has 6 nitrogen and oxygen atoms in total. The van der Waals surface area contributed by atoms with Gasteiger partial charge >= 0.3 is 6.18 Å². The molecular formula is C12H10F3N5O. The van der Waals surface area contributed by atoms with Crippen molar-refractivity contribution in [3.8, 4) is 0 Å². The second kappa shape index (κ2) is 5.75. The van der Waals surface area contributed by atoms with Crippen molar-refractivity contribution in [1.82, 2.24) is 9.97 Å². The number of nitrogens with one attached hydrogen (secondary N) is 2. The molecule has 0 unspecified atom stereocenters. The van der Waals surface area contributed by atoms with Crippen LogP contribution in [0.3, 0.4) is 0 Å². The van der Waals surface area contributed by atoms with Crippen molar-refractivity contribution in [3.05, 3.63) is 48.0 Å². The van der Waals surface area contributed by atoms with Crippen LogP contribution in [0.4, 0.5) is 24.5 Å². The molecule has 0 saturated heterocycles. The molecule has 1 aromatic carbocycles. The van der Waals surface area contributed by atoms with Gasteiger partial charge in [-0.25, -0.2) is 9.97 Å². The van der Waals surface area contributed by atoms with Crippen LogP contribution in [0, 0.1) is 0 Å². The SMILES string of the molecule is NNc1ccc(C(=O)Nc2cncnc2)cc1C(F)(F)F. The zero-order chi connectivity index (χ0) is 15.5. The highest BCUT2D eigenvalue weighted by atomic mass is 19.4. The van der Waals surface area contributed by atoms with E-state index in [-0.39, 0.29) is 16.9 Å². The maximum absolute atomic E-state index is 12.9. The van der Waals surface area contributed by atoms with E-state index in [1.54, 1.807) is 0 Å². The minimum Gasteiger partial charge on any atom is -0.324 e. The van der Waals surface area contributed by atoms with Crippen LogP contribution in [0.25, 0.3) is 0 Å². The summed E-state index contributed by atoms with van der Waals surface area (Å²) in [7, 11) is 0. The van der Waals surface area contributed by atoms with Crippen molar-refractivity contribution in [3.63, 3.8) is 0 Å². The Morgan fingerprint density at radius 2 is 1.86 bits per heavy atom. The Bertz CT molecular complexity index is 645. The Morgan fingerprint density at radius 3 is 2.43 bits per heavy atom. The first-order valence-electron chi connectivity index (χ1n) is 5.66. The number of benzene rings is 1. The number of nitrogens with two attached hydrogens (primary N) is 1. The highest BCUT2D eigenvalue weighted by Crippen LogP contribution is 2.35. The summed E-state index contributed by atoms with van der Waals surface area (Å²) in [6.07, 6.45) is -0.719. The Labute approximate surface area is 117 Å². The maximum Gasteiger partial charge on any atom is 0.418 e. The van der Waals surface area contributed by atoms with Crippen molar-refractivity contribution in [1.29, 1.82) is 0 Å². The second-order valence-corrected chi connectivity index (χ2v) is 3.98. The largest absolute Gasteiger partial charge is 0.418 e. The number of hydrogen-bond acceptors (Lipinski definition) is 5. The third-order valence-electron chi connectivity index (χ3n) is 2.56. The van der Waals surface area contributed by atoms with Crippen molar-refractivity contribution in [2.75, 3.05) is 10.7 Å². The minimum atomic E-state index is -4.63. The third-order valence-corrected chi connectivity index (χ3v) is 2.56. The molecule has 0 saturated carbocycles. The molecule has 2 rings (SSSR count). The number of anilines is 2. The van der Waals surface area contributed by atoms with E-state index in [1.807, 2.05) is 5.43 Å². The van der Waals surface area contributed by atoms with Crippen molar-refractivity contribution in [2.24, 2.45) is 5.84 Å². The quantitative estimate of drug-likeness (QED) is 0.595. The predicted molar refractivity (Wildman–Crippen MR) is 69.2 cm³/mol. The van der Waals surface area contributed by atoms with Crippen LogP contribution >= 0.6 is 0 Å². The summed E-state index contributed by atoms with van der Waals surface area (Å²) < 4.78 is 38.6. The van der Waals surface area contributed by atoms with Gasteiger partial charge in [0.25, 0.3) is 5.91 Å². The topological polar surface area (TPSA) is 92.9 Å². The lowest BCUT2D eigenvalue weighted by Crippen LogP contribution is -2.18. The fourth-order valence-electron chi connectivity index (χ4n) is 1.61. The number of halogens is 3. The van der Waals surface area contributed by atoms with Gasteiger partial charge in [0.2, 0.25) is 0 Å². The van der Waals surface area contributed by atoms with Crippen LogP contribution in [0.2, 0.25) is 0 Å². The van der Waals surface area contributed by atoms with Crippen molar-refractivity contribution < 1.29 is 18.0 Å². The Balaban J connectivity index is 2.30. The molecule has 4 N–H and O–H groups in total. The van der Waals surface area contributed by atoms with Gasteiger partial charge in [0.15, 0.2) is 0 Å². The Hall–Kier alpha value is -2.68. The first kappa shape index (κ1) is 14.7. The van der Waals surface area contributed by atoms with Crippen LogP contribution in [-0.4, -0.2) is 15.9 Å². The number of nitrogen functional groups attached to an aromatic ring is 1. The van der Waals surface area contributed by atoms with E-state index < -0.39 is 17.6 Å². The van der Waals surface area contributed by atoms with Gasteiger partial charge in [-0.2, -0.15) is 13.2 Å². The number of nitrogens with zero attached hydrogens (tertiary/aromatic N) is 2. The summed E-state index contributed by atoms with van der Waals surface area (Å²) in [6.45, 7) is 0. The highest BCUT2D eigenvalue weighted by Gasteiger charge is 2.34. The molecule has 0 aliphatic heterocycles. The van der Waals surface area contributed by atoms with Crippen LogP contribution in [-0.2, 0) is 6.18 Å². The Morgan fingerprint density at radius 1 is 1.19 bits per heavy atom. The molecule has 1 aromatic heterocycles. The smallest absolute Gasteiger partial charge is 0.324 e. The zero-order valence-electron chi connectivity index (χ0n) is 10.5. The van der Waals surface area contributed by atoms with E-state index in [4.69, 9.17) is 5.84 Å². The summed E-state index contributed by atoms with van der Waals surface area (Å²) in [5.41, 5.74) is 0.716. The first-order chi connectivity index (χ1) is 9.91. The molecular weight excluding hydrogens is 287 g/mol. The molecule has 2 aromatic rings. The van der Waals surface area contributed by atoms with Gasteiger partial charge in [0.1, 0.15) is 6.33 Å². The van der Waals surface area contributed by atoms with Gasteiger partial charge in [0, 0.05) is 5.56 Å². The molecule has 1 heterocycles. The van der Waals surface area contributed by atoms with Gasteiger partial charge in [-0.05, 0) is 18.2 Å². The number of aromatic nitrogens is 2. The summed E-state index contributed by atoms with van der Waals surface area (Å²) in [4.78, 5) is 19.3. The molecule has 0 fully saturated rings.